The third kappa shape index (κ3) is 9.02. The van der Waals surface area contributed by atoms with Crippen LogP contribution in [0.3, 0.4) is 0 Å². The zero-order valence-electron chi connectivity index (χ0n) is 22.1. The van der Waals surface area contributed by atoms with E-state index in [0.717, 1.165) is 68.4 Å². The molecular weight excluding hydrogens is 494 g/mol. The van der Waals surface area contributed by atoms with Crippen molar-refractivity contribution in [2.24, 2.45) is 0 Å². The number of hydrogen-bond acceptors (Lipinski definition) is 6. The van der Waals surface area contributed by atoms with Crippen LogP contribution in [0.15, 0.2) is 30.3 Å². The van der Waals surface area contributed by atoms with Crippen LogP contribution in [0.1, 0.15) is 61.1 Å². The van der Waals surface area contributed by atoms with Crippen molar-refractivity contribution in [3.05, 3.63) is 58.8 Å². The molecule has 1 amide bonds. The molecule has 2 aromatic rings. The number of hydrogen-bond donors (Lipinski definition) is 3. The molecule has 1 aromatic heterocycles. The zero-order chi connectivity index (χ0) is 27.5. The van der Waals surface area contributed by atoms with Gasteiger partial charge in [0.05, 0.1) is 12.7 Å². The van der Waals surface area contributed by atoms with E-state index in [1.54, 1.807) is 0 Å². The van der Waals surface area contributed by atoms with Crippen LogP contribution >= 0.6 is 0 Å². The Morgan fingerprint density at radius 1 is 1.13 bits per heavy atom. The number of carbonyl (C=O) groups is 2. The summed E-state index contributed by atoms with van der Waals surface area (Å²) in [5.41, 5.74) is 1.52. The highest BCUT2D eigenvalue weighted by atomic mass is 19.1. The number of aryl methyl sites for hydroxylation is 2. The number of anilines is 1. The molecule has 0 saturated heterocycles. The Hall–Kier alpha value is -3.11. The molecule has 0 radical (unpaired) electrons. The maximum atomic E-state index is 14.0. The van der Waals surface area contributed by atoms with Gasteiger partial charge in [-0.1, -0.05) is 12.1 Å². The molecule has 0 bridgehead atoms. The molecule has 208 valence electrons. The molecule has 3 N–H and O–H groups in total. The van der Waals surface area contributed by atoms with E-state index in [1.807, 2.05) is 13.8 Å². The van der Waals surface area contributed by atoms with E-state index in [-0.39, 0.29) is 12.5 Å². The number of unbranched alkanes of at least 4 members (excludes halogenated alkanes) is 1. The number of aromatic nitrogens is 1. The van der Waals surface area contributed by atoms with Crippen molar-refractivity contribution >= 4 is 17.7 Å². The Kier molecular flexibility index (Phi) is 11.4. The summed E-state index contributed by atoms with van der Waals surface area (Å²) in [6.45, 7) is 7.02. The van der Waals surface area contributed by atoms with Crippen molar-refractivity contribution in [1.29, 1.82) is 0 Å². The quantitative estimate of drug-likeness (QED) is 0.298. The van der Waals surface area contributed by atoms with Crippen LogP contribution in [0, 0.1) is 11.6 Å². The monoisotopic (exact) mass is 532 g/mol. The van der Waals surface area contributed by atoms with Gasteiger partial charge in [0.25, 0.3) is 5.91 Å². The number of amides is 1. The third-order valence-electron chi connectivity index (χ3n) is 6.50. The molecule has 1 aromatic carbocycles. The molecule has 1 aliphatic heterocycles. The van der Waals surface area contributed by atoms with Gasteiger partial charge < -0.3 is 25.4 Å². The first kappa shape index (κ1) is 29.4. The van der Waals surface area contributed by atoms with Gasteiger partial charge in [0.15, 0.2) is 0 Å². The number of pyridine rings is 1. The molecule has 1 atom stereocenters. The van der Waals surface area contributed by atoms with E-state index >= 15 is 0 Å². The van der Waals surface area contributed by atoms with Crippen molar-refractivity contribution in [3.63, 3.8) is 0 Å². The lowest BCUT2D eigenvalue weighted by Crippen LogP contribution is -2.44. The maximum absolute atomic E-state index is 14.0. The molecule has 2 heterocycles. The minimum Gasteiger partial charge on any atom is -0.480 e. The summed E-state index contributed by atoms with van der Waals surface area (Å²) in [6.07, 6.45) is 4.95. The number of nitrogens with zero attached hydrogens (tertiary/aromatic N) is 2. The Balaban J connectivity index is 1.53. The molecule has 0 saturated carbocycles. The lowest BCUT2D eigenvalue weighted by Gasteiger charge is -2.25. The SMILES string of the molecule is CC(C)OCCN(CCCCc1ccc2c(n1)NCCC2)CCC(NC(=O)c1c(F)cccc1F)C(=O)O. The normalized spacial score (nSPS) is 13.7. The number of benzene rings is 1. The first-order valence-electron chi connectivity index (χ1n) is 13.3. The smallest absolute Gasteiger partial charge is 0.326 e. The van der Waals surface area contributed by atoms with Crippen molar-refractivity contribution in [2.45, 2.75) is 64.5 Å². The molecule has 0 fully saturated rings. The fraction of sp³-hybridized carbons (Fsp3) is 0.536. The van der Waals surface area contributed by atoms with E-state index in [0.29, 0.717) is 26.2 Å². The van der Waals surface area contributed by atoms with E-state index < -0.39 is 35.1 Å². The summed E-state index contributed by atoms with van der Waals surface area (Å²) in [7, 11) is 0. The molecule has 8 nitrogen and oxygen atoms in total. The Bertz CT molecular complexity index is 1060. The molecular formula is C28H38F2N4O4. The number of carboxylic acids is 1. The highest BCUT2D eigenvalue weighted by Crippen LogP contribution is 2.20. The number of nitrogens with one attached hydrogen (secondary N) is 2. The molecule has 10 heteroatoms. The first-order chi connectivity index (χ1) is 18.2. The number of fused-ring (bicyclic) bond motifs is 1. The highest BCUT2D eigenvalue weighted by molar-refractivity contribution is 5.97. The zero-order valence-corrected chi connectivity index (χ0v) is 22.1. The Morgan fingerprint density at radius 3 is 2.61 bits per heavy atom. The van der Waals surface area contributed by atoms with Crippen LogP contribution in [-0.2, 0) is 22.4 Å². The van der Waals surface area contributed by atoms with Crippen LogP contribution < -0.4 is 10.6 Å². The third-order valence-corrected chi connectivity index (χ3v) is 6.50. The van der Waals surface area contributed by atoms with Gasteiger partial charge in [0.2, 0.25) is 0 Å². The number of carbonyl (C=O) groups excluding carboxylic acids is 1. The van der Waals surface area contributed by atoms with Gasteiger partial charge in [-0.25, -0.2) is 18.6 Å². The number of carboxylic acid groups (broad SMARTS) is 1. The summed E-state index contributed by atoms with van der Waals surface area (Å²) in [4.78, 5) is 31.1. The van der Waals surface area contributed by atoms with Crippen LogP contribution in [0.2, 0.25) is 0 Å². The fourth-order valence-electron chi connectivity index (χ4n) is 4.42. The van der Waals surface area contributed by atoms with E-state index in [9.17, 15) is 23.5 Å². The Labute approximate surface area is 222 Å². The Morgan fingerprint density at radius 2 is 1.89 bits per heavy atom. The molecule has 0 spiro atoms. The highest BCUT2D eigenvalue weighted by Gasteiger charge is 2.25. The number of aliphatic carboxylic acids is 1. The second-order valence-corrected chi connectivity index (χ2v) is 9.81. The molecule has 1 aliphatic rings. The molecule has 3 rings (SSSR count). The number of ether oxygens (including phenoxy) is 1. The van der Waals surface area contributed by atoms with Gasteiger partial charge >= 0.3 is 5.97 Å². The van der Waals surface area contributed by atoms with Crippen molar-refractivity contribution < 1.29 is 28.2 Å². The lowest BCUT2D eigenvalue weighted by molar-refractivity contribution is -0.139. The molecule has 0 aliphatic carbocycles. The van der Waals surface area contributed by atoms with Crippen LogP contribution in [0.5, 0.6) is 0 Å². The van der Waals surface area contributed by atoms with Crippen LogP contribution in [-0.4, -0.2) is 71.8 Å². The van der Waals surface area contributed by atoms with Gasteiger partial charge in [-0.3, -0.25) is 4.79 Å². The summed E-state index contributed by atoms with van der Waals surface area (Å²) in [6, 6.07) is 6.00. The average molecular weight is 533 g/mol. The van der Waals surface area contributed by atoms with Crippen LogP contribution in [0.25, 0.3) is 0 Å². The standard InChI is InChI=1S/C28H38F2N4O4/c1-19(2)38-18-17-34(15-4-3-8-21-12-11-20-7-6-14-31-26(20)32-21)16-13-24(28(36)37)33-27(35)25-22(29)9-5-10-23(25)30/h5,9-12,19,24H,3-4,6-8,13-18H2,1-2H3,(H,31,32)(H,33,35)(H,36,37). The maximum Gasteiger partial charge on any atom is 0.326 e. The minimum atomic E-state index is -1.29. The van der Waals surface area contributed by atoms with E-state index in [2.05, 4.69) is 27.7 Å². The topological polar surface area (TPSA) is 104 Å². The van der Waals surface area contributed by atoms with E-state index in [1.165, 1.54) is 5.56 Å². The second kappa shape index (κ2) is 14.7. The van der Waals surface area contributed by atoms with Gasteiger partial charge in [0.1, 0.15) is 29.1 Å². The summed E-state index contributed by atoms with van der Waals surface area (Å²) >= 11 is 0. The first-order valence-corrected chi connectivity index (χ1v) is 13.3. The lowest BCUT2D eigenvalue weighted by atomic mass is 10.1. The summed E-state index contributed by atoms with van der Waals surface area (Å²) in [5.74, 6) is -3.44. The van der Waals surface area contributed by atoms with Gasteiger partial charge in [-0.05, 0) is 82.7 Å². The predicted octanol–water partition coefficient (Wildman–Crippen LogP) is 4.04. The van der Waals surface area contributed by atoms with Crippen molar-refractivity contribution in [1.82, 2.24) is 15.2 Å². The average Bonchev–Trinajstić information content (AvgIpc) is 2.87. The van der Waals surface area contributed by atoms with Crippen LogP contribution in [0.4, 0.5) is 14.6 Å². The molecule has 38 heavy (non-hydrogen) atoms. The van der Waals surface area contributed by atoms with Gasteiger partial charge in [-0.2, -0.15) is 0 Å². The molecule has 1 unspecified atom stereocenters. The van der Waals surface area contributed by atoms with Crippen molar-refractivity contribution in [2.75, 3.05) is 38.1 Å². The number of rotatable bonds is 15. The largest absolute Gasteiger partial charge is 0.480 e. The second-order valence-electron chi connectivity index (χ2n) is 9.81. The predicted molar refractivity (Wildman–Crippen MR) is 141 cm³/mol. The van der Waals surface area contributed by atoms with E-state index in [4.69, 9.17) is 9.72 Å². The summed E-state index contributed by atoms with van der Waals surface area (Å²) < 4.78 is 33.6. The van der Waals surface area contributed by atoms with Crippen molar-refractivity contribution in [3.8, 4) is 0 Å². The summed E-state index contributed by atoms with van der Waals surface area (Å²) in [5, 5.41) is 15.3. The fourth-order valence-corrected chi connectivity index (χ4v) is 4.42. The minimum absolute atomic E-state index is 0.0715. The number of halogens is 2. The van der Waals surface area contributed by atoms with Gasteiger partial charge in [-0.15, -0.1) is 0 Å². The van der Waals surface area contributed by atoms with Gasteiger partial charge in [0, 0.05) is 25.3 Å².